The van der Waals surface area contributed by atoms with E-state index < -0.39 is 0 Å². The lowest BCUT2D eigenvalue weighted by molar-refractivity contribution is -0.143. The number of carbonyl (C=O) groups excluding carboxylic acids is 1. The fraction of sp³-hybridized carbons (Fsp3) is 0.861. The van der Waals surface area contributed by atoms with E-state index in [1.807, 2.05) is 0 Å². The first-order valence-corrected chi connectivity index (χ1v) is 17.3. The van der Waals surface area contributed by atoms with Crippen molar-refractivity contribution in [1.29, 1.82) is 0 Å². The number of unbranched alkanes of at least 4 members (excludes halogenated alkanes) is 23. The average molecular weight is 533 g/mol. The Kier molecular flexibility index (Phi) is 33.0. The van der Waals surface area contributed by atoms with Crippen molar-refractivity contribution in [3.8, 4) is 0 Å². The Morgan fingerprint density at radius 1 is 0.421 bits per heavy atom. The Labute approximate surface area is 239 Å². The molecule has 0 saturated carbocycles. The van der Waals surface area contributed by atoms with Crippen LogP contribution in [0.1, 0.15) is 194 Å². The van der Waals surface area contributed by atoms with Crippen LogP contribution < -0.4 is 0 Å². The summed E-state index contributed by atoms with van der Waals surface area (Å²) in [4.78, 5) is 11.9. The second-order valence-corrected chi connectivity index (χ2v) is 11.5. The number of hydrogen-bond donors (Lipinski definition) is 0. The highest BCUT2D eigenvalue weighted by atomic mass is 16.5. The van der Waals surface area contributed by atoms with E-state index in [9.17, 15) is 4.79 Å². The molecule has 0 spiro atoms. The Bertz CT molecular complexity index is 507. The van der Waals surface area contributed by atoms with Crippen molar-refractivity contribution in [1.82, 2.24) is 0 Å². The lowest BCUT2D eigenvalue weighted by atomic mass is 10.1. The molecule has 0 heterocycles. The molecule has 0 bridgehead atoms. The van der Waals surface area contributed by atoms with Gasteiger partial charge in [0.2, 0.25) is 0 Å². The molecule has 2 nitrogen and oxygen atoms in total. The van der Waals surface area contributed by atoms with Gasteiger partial charge in [-0.05, 0) is 64.2 Å². The van der Waals surface area contributed by atoms with E-state index in [0.29, 0.717) is 13.0 Å². The lowest BCUT2D eigenvalue weighted by Crippen LogP contribution is -2.05. The largest absolute Gasteiger partial charge is 0.466 e. The van der Waals surface area contributed by atoms with E-state index in [1.54, 1.807) is 0 Å². The predicted molar refractivity (Wildman–Crippen MR) is 170 cm³/mol. The zero-order chi connectivity index (χ0) is 27.6. The number of ether oxygens (including phenoxy) is 1. The summed E-state index contributed by atoms with van der Waals surface area (Å²) in [6, 6.07) is 0. The van der Waals surface area contributed by atoms with Gasteiger partial charge in [0.25, 0.3) is 0 Å². The van der Waals surface area contributed by atoms with Crippen molar-refractivity contribution >= 4 is 5.97 Å². The van der Waals surface area contributed by atoms with Crippen LogP contribution in [0.3, 0.4) is 0 Å². The molecule has 2 heteroatoms. The fourth-order valence-electron chi connectivity index (χ4n) is 4.95. The highest BCUT2D eigenvalue weighted by Gasteiger charge is 2.02. The van der Waals surface area contributed by atoms with Crippen LogP contribution in [0.25, 0.3) is 0 Å². The van der Waals surface area contributed by atoms with Gasteiger partial charge in [0.15, 0.2) is 0 Å². The smallest absolute Gasteiger partial charge is 0.305 e. The van der Waals surface area contributed by atoms with E-state index in [-0.39, 0.29) is 5.97 Å². The number of allylic oxidation sites excluding steroid dienone is 4. The Morgan fingerprint density at radius 3 is 1.13 bits per heavy atom. The maximum atomic E-state index is 11.9. The van der Waals surface area contributed by atoms with Crippen molar-refractivity contribution in [3.05, 3.63) is 24.3 Å². The third kappa shape index (κ3) is 33.0. The van der Waals surface area contributed by atoms with E-state index in [2.05, 4.69) is 38.2 Å². The molecule has 0 radical (unpaired) electrons. The molecule has 0 rings (SSSR count). The summed E-state index contributed by atoms with van der Waals surface area (Å²) in [5.74, 6) is 0.0116. The van der Waals surface area contributed by atoms with Gasteiger partial charge >= 0.3 is 5.97 Å². The van der Waals surface area contributed by atoms with Crippen molar-refractivity contribution < 1.29 is 9.53 Å². The van der Waals surface area contributed by atoms with E-state index in [4.69, 9.17) is 4.74 Å². The summed E-state index contributed by atoms with van der Waals surface area (Å²) in [6.07, 6.45) is 45.2. The minimum Gasteiger partial charge on any atom is -0.466 e. The summed E-state index contributed by atoms with van der Waals surface area (Å²) in [7, 11) is 0. The molecule has 0 atom stereocenters. The van der Waals surface area contributed by atoms with Crippen molar-refractivity contribution in [2.75, 3.05) is 6.61 Å². The summed E-state index contributed by atoms with van der Waals surface area (Å²) in [5.41, 5.74) is 0. The molecular weight excluding hydrogens is 464 g/mol. The van der Waals surface area contributed by atoms with E-state index in [0.717, 1.165) is 19.3 Å². The minimum atomic E-state index is 0.0116. The van der Waals surface area contributed by atoms with Gasteiger partial charge in [-0.1, -0.05) is 147 Å². The molecule has 0 aromatic rings. The molecule has 0 aromatic carbocycles. The molecule has 38 heavy (non-hydrogen) atoms. The molecule has 0 amide bonds. The van der Waals surface area contributed by atoms with Crippen LogP contribution in [0.5, 0.6) is 0 Å². The molecule has 0 unspecified atom stereocenters. The third-order valence-electron chi connectivity index (χ3n) is 7.56. The number of hydrogen-bond acceptors (Lipinski definition) is 2. The molecule has 0 aliphatic heterocycles. The zero-order valence-corrected chi connectivity index (χ0v) is 26.1. The van der Waals surface area contributed by atoms with Gasteiger partial charge in [-0.2, -0.15) is 0 Å². The van der Waals surface area contributed by atoms with Crippen LogP contribution >= 0.6 is 0 Å². The lowest BCUT2D eigenvalue weighted by Gasteiger charge is -2.05. The zero-order valence-electron chi connectivity index (χ0n) is 26.1. The van der Waals surface area contributed by atoms with E-state index >= 15 is 0 Å². The molecule has 0 fully saturated rings. The summed E-state index contributed by atoms with van der Waals surface area (Å²) >= 11 is 0. The van der Waals surface area contributed by atoms with Crippen LogP contribution in [0, 0.1) is 0 Å². The molecule has 0 saturated heterocycles. The Balaban J connectivity index is 3.22. The number of carbonyl (C=O) groups is 1. The monoisotopic (exact) mass is 533 g/mol. The van der Waals surface area contributed by atoms with Crippen molar-refractivity contribution in [3.63, 3.8) is 0 Å². The van der Waals surface area contributed by atoms with Gasteiger partial charge in [-0.3, -0.25) is 4.79 Å². The number of esters is 1. The van der Waals surface area contributed by atoms with Crippen molar-refractivity contribution in [2.24, 2.45) is 0 Å². The van der Waals surface area contributed by atoms with E-state index in [1.165, 1.54) is 154 Å². The second-order valence-electron chi connectivity index (χ2n) is 11.5. The molecular formula is C36H68O2. The van der Waals surface area contributed by atoms with Gasteiger partial charge in [0, 0.05) is 6.42 Å². The molecule has 224 valence electrons. The van der Waals surface area contributed by atoms with Crippen LogP contribution in [-0.4, -0.2) is 12.6 Å². The van der Waals surface area contributed by atoms with Gasteiger partial charge in [0.05, 0.1) is 6.61 Å². The van der Waals surface area contributed by atoms with Crippen LogP contribution in [0.15, 0.2) is 24.3 Å². The summed E-state index contributed by atoms with van der Waals surface area (Å²) in [5, 5.41) is 0. The summed E-state index contributed by atoms with van der Waals surface area (Å²) < 4.78 is 5.42. The highest BCUT2D eigenvalue weighted by molar-refractivity contribution is 5.69. The van der Waals surface area contributed by atoms with Gasteiger partial charge in [-0.25, -0.2) is 0 Å². The molecule has 0 N–H and O–H groups in total. The standard InChI is InChI=1S/C36H68O2/c1-3-5-7-9-11-13-15-17-19-21-23-25-27-29-31-33-35-38-36(37)34-32-30-28-26-24-22-20-18-16-14-12-10-8-6-4-2/h16-19H,3-15,20-35H2,1-2H3. The first-order valence-electron chi connectivity index (χ1n) is 17.3. The van der Waals surface area contributed by atoms with Crippen LogP contribution in [0.2, 0.25) is 0 Å². The second kappa shape index (κ2) is 34.0. The van der Waals surface area contributed by atoms with Gasteiger partial charge < -0.3 is 4.74 Å². The minimum absolute atomic E-state index is 0.0116. The summed E-state index contributed by atoms with van der Waals surface area (Å²) in [6.45, 7) is 5.17. The maximum absolute atomic E-state index is 11.9. The van der Waals surface area contributed by atoms with Crippen LogP contribution in [-0.2, 0) is 9.53 Å². The molecule has 0 aliphatic carbocycles. The van der Waals surface area contributed by atoms with Gasteiger partial charge in [-0.15, -0.1) is 0 Å². The van der Waals surface area contributed by atoms with Crippen LogP contribution in [0.4, 0.5) is 0 Å². The van der Waals surface area contributed by atoms with Crippen molar-refractivity contribution in [2.45, 2.75) is 194 Å². The topological polar surface area (TPSA) is 26.3 Å². The predicted octanol–water partition coefficient (Wildman–Crippen LogP) is 12.6. The normalized spacial score (nSPS) is 11.7. The maximum Gasteiger partial charge on any atom is 0.305 e. The average Bonchev–Trinajstić information content (AvgIpc) is 2.92. The van der Waals surface area contributed by atoms with Gasteiger partial charge in [0.1, 0.15) is 0 Å². The fourth-order valence-corrected chi connectivity index (χ4v) is 4.95. The SMILES string of the molecule is CCCCCCCC=CCCCCCCCCC(=O)OCCCCCCCCC=CCCCCCCCC. The Hall–Kier alpha value is -1.05. The first kappa shape index (κ1) is 37.0. The highest BCUT2D eigenvalue weighted by Crippen LogP contribution is 2.12. The number of rotatable bonds is 31. The Morgan fingerprint density at radius 2 is 0.737 bits per heavy atom. The first-order chi connectivity index (χ1) is 18.8. The quantitative estimate of drug-likeness (QED) is 0.0504. The third-order valence-corrected chi connectivity index (χ3v) is 7.56. The molecule has 0 aromatic heterocycles. The molecule has 0 aliphatic rings.